The van der Waals surface area contributed by atoms with Crippen molar-refractivity contribution in [1.29, 1.82) is 0 Å². The van der Waals surface area contributed by atoms with Crippen LogP contribution in [0.4, 0.5) is 0 Å². The Bertz CT molecular complexity index is 114. The third kappa shape index (κ3) is 4.38. The van der Waals surface area contributed by atoms with Crippen molar-refractivity contribution >= 4 is 17.9 Å². The SMILES string of the molecule is CCS(=O)(=O)P. The van der Waals surface area contributed by atoms with Crippen LogP contribution in [-0.4, -0.2) is 14.2 Å². The van der Waals surface area contributed by atoms with Gasteiger partial charge in [-0.25, -0.2) is 8.42 Å². The number of rotatable bonds is 1. The predicted molar refractivity (Wildman–Crippen MR) is 29.2 cm³/mol. The van der Waals surface area contributed by atoms with Crippen molar-refractivity contribution in [2.75, 3.05) is 5.75 Å². The molecular weight excluding hydrogens is 119 g/mol. The second kappa shape index (κ2) is 1.90. The van der Waals surface area contributed by atoms with Gasteiger partial charge in [-0.15, -0.1) is 0 Å². The van der Waals surface area contributed by atoms with Gasteiger partial charge in [0, 0.05) is 0 Å². The van der Waals surface area contributed by atoms with Crippen molar-refractivity contribution in [3.8, 4) is 0 Å². The minimum Gasteiger partial charge on any atom is -0.225 e. The molecule has 0 bridgehead atoms. The van der Waals surface area contributed by atoms with E-state index in [9.17, 15) is 8.42 Å². The van der Waals surface area contributed by atoms with Crippen molar-refractivity contribution in [3.63, 3.8) is 0 Å². The highest BCUT2D eigenvalue weighted by molar-refractivity contribution is 8.37. The van der Waals surface area contributed by atoms with Crippen LogP contribution in [0, 0.1) is 0 Å². The predicted octanol–water partition coefficient (Wildman–Crippen LogP) is 0.211. The Balaban J connectivity index is 3.85. The molecular formula is C2H7O2PS. The van der Waals surface area contributed by atoms with Crippen LogP contribution in [0.3, 0.4) is 0 Å². The van der Waals surface area contributed by atoms with Gasteiger partial charge in [0.15, 0.2) is 9.46 Å². The molecule has 0 rings (SSSR count). The van der Waals surface area contributed by atoms with Gasteiger partial charge in [-0.2, -0.15) is 0 Å². The van der Waals surface area contributed by atoms with Crippen molar-refractivity contribution in [1.82, 2.24) is 0 Å². The van der Waals surface area contributed by atoms with Crippen LogP contribution in [0.2, 0.25) is 0 Å². The van der Waals surface area contributed by atoms with Crippen LogP contribution in [-0.2, 0) is 9.46 Å². The highest BCUT2D eigenvalue weighted by atomic mass is 32.7. The highest BCUT2D eigenvalue weighted by Crippen LogP contribution is 1.96. The lowest BCUT2D eigenvalue weighted by molar-refractivity contribution is 0.611. The van der Waals surface area contributed by atoms with Crippen molar-refractivity contribution in [2.24, 2.45) is 0 Å². The average molecular weight is 126 g/mol. The molecule has 0 N–H and O–H groups in total. The van der Waals surface area contributed by atoms with Gasteiger partial charge in [-0.1, -0.05) is 6.92 Å². The maximum Gasteiger partial charge on any atom is 0.161 e. The molecule has 0 aliphatic carbocycles. The molecule has 2 nitrogen and oxygen atoms in total. The van der Waals surface area contributed by atoms with Gasteiger partial charge in [0.2, 0.25) is 0 Å². The molecule has 0 saturated carbocycles. The van der Waals surface area contributed by atoms with Crippen LogP contribution in [0.15, 0.2) is 0 Å². The Labute approximate surface area is 39.8 Å². The summed E-state index contributed by atoms with van der Waals surface area (Å²) in [6.07, 6.45) is 0. The molecule has 1 unspecified atom stereocenters. The van der Waals surface area contributed by atoms with E-state index in [4.69, 9.17) is 0 Å². The van der Waals surface area contributed by atoms with E-state index in [1.54, 1.807) is 15.4 Å². The molecule has 0 radical (unpaired) electrons. The summed E-state index contributed by atoms with van der Waals surface area (Å²) in [6.45, 7) is 1.60. The fourth-order valence-corrected chi connectivity index (χ4v) is 0. The van der Waals surface area contributed by atoms with Gasteiger partial charge in [0.1, 0.15) is 0 Å². The standard InChI is InChI=1S/C2H7O2PS/c1-2-6(3,4)5/h2,5H2,1H3. The van der Waals surface area contributed by atoms with E-state index < -0.39 is 9.46 Å². The second-order valence-electron chi connectivity index (χ2n) is 0.952. The quantitative estimate of drug-likeness (QED) is 0.471. The molecule has 0 heterocycles. The molecule has 0 aromatic carbocycles. The largest absolute Gasteiger partial charge is 0.225 e. The van der Waals surface area contributed by atoms with E-state index in [1.807, 2.05) is 0 Å². The Morgan fingerprint density at radius 1 is 1.67 bits per heavy atom. The van der Waals surface area contributed by atoms with Gasteiger partial charge in [0.25, 0.3) is 0 Å². The van der Waals surface area contributed by atoms with E-state index in [0.717, 1.165) is 0 Å². The lowest BCUT2D eigenvalue weighted by Gasteiger charge is -1.80. The minimum atomic E-state index is -2.75. The zero-order valence-corrected chi connectivity index (χ0v) is 5.48. The molecule has 0 aliphatic heterocycles. The summed E-state index contributed by atoms with van der Waals surface area (Å²) in [5.41, 5.74) is 0. The summed E-state index contributed by atoms with van der Waals surface area (Å²) >= 11 is 0. The molecule has 0 aromatic rings. The molecule has 0 spiro atoms. The molecule has 0 fully saturated rings. The first-order valence-corrected chi connectivity index (χ1v) is 4.69. The van der Waals surface area contributed by atoms with E-state index in [2.05, 4.69) is 0 Å². The van der Waals surface area contributed by atoms with Gasteiger partial charge in [-0.3, -0.25) is 0 Å². The topological polar surface area (TPSA) is 34.1 Å². The smallest absolute Gasteiger partial charge is 0.161 e. The lowest BCUT2D eigenvalue weighted by atomic mass is 11.0. The molecule has 0 aliphatic rings. The monoisotopic (exact) mass is 126 g/mol. The normalized spacial score (nSPS) is 11.7. The van der Waals surface area contributed by atoms with Crippen molar-refractivity contribution < 1.29 is 8.42 Å². The fourth-order valence-electron chi connectivity index (χ4n) is 0. The minimum absolute atomic E-state index is 0.206. The summed E-state index contributed by atoms with van der Waals surface area (Å²) < 4.78 is 19.9. The second-order valence-corrected chi connectivity index (χ2v) is 5.01. The number of hydrogen-bond donors (Lipinski definition) is 0. The summed E-state index contributed by atoms with van der Waals surface area (Å²) in [4.78, 5) is 0. The molecule has 38 valence electrons. The van der Waals surface area contributed by atoms with Crippen LogP contribution < -0.4 is 0 Å². The van der Waals surface area contributed by atoms with Crippen LogP contribution in [0.5, 0.6) is 0 Å². The Hall–Kier alpha value is 0.380. The molecule has 0 amide bonds. The average Bonchev–Trinajstić information content (AvgIpc) is 1.35. The van der Waals surface area contributed by atoms with E-state index >= 15 is 0 Å². The molecule has 0 saturated heterocycles. The van der Waals surface area contributed by atoms with Crippen molar-refractivity contribution in [3.05, 3.63) is 0 Å². The third-order valence-corrected chi connectivity index (χ3v) is 2.21. The van der Waals surface area contributed by atoms with Crippen LogP contribution in [0.1, 0.15) is 6.92 Å². The molecule has 4 heteroatoms. The first-order chi connectivity index (χ1) is 2.56. The molecule has 6 heavy (non-hydrogen) atoms. The Kier molecular flexibility index (Phi) is 2.02. The van der Waals surface area contributed by atoms with Crippen LogP contribution >= 0.6 is 8.44 Å². The maximum atomic E-state index is 9.96. The highest BCUT2D eigenvalue weighted by Gasteiger charge is 1.90. The number of hydrogen-bond acceptors (Lipinski definition) is 2. The summed E-state index contributed by atoms with van der Waals surface area (Å²) in [7, 11) is -0.981. The zero-order valence-electron chi connectivity index (χ0n) is 3.51. The van der Waals surface area contributed by atoms with Gasteiger partial charge in [-0.05, 0) is 8.44 Å². The van der Waals surface area contributed by atoms with E-state index in [-0.39, 0.29) is 5.75 Å². The van der Waals surface area contributed by atoms with Crippen LogP contribution in [0.25, 0.3) is 0 Å². The van der Waals surface area contributed by atoms with E-state index in [0.29, 0.717) is 0 Å². The van der Waals surface area contributed by atoms with E-state index in [1.165, 1.54) is 0 Å². The summed E-state index contributed by atoms with van der Waals surface area (Å²) in [5, 5.41) is 0. The van der Waals surface area contributed by atoms with Gasteiger partial charge in [0.05, 0.1) is 5.75 Å². The third-order valence-electron chi connectivity index (χ3n) is 0.402. The van der Waals surface area contributed by atoms with Gasteiger partial charge >= 0.3 is 0 Å². The first-order valence-electron chi connectivity index (χ1n) is 1.56. The van der Waals surface area contributed by atoms with Gasteiger partial charge < -0.3 is 0 Å². The lowest BCUT2D eigenvalue weighted by Crippen LogP contribution is -1.87. The first kappa shape index (κ1) is 6.38. The molecule has 0 aromatic heterocycles. The Morgan fingerprint density at radius 2 is 1.83 bits per heavy atom. The maximum absolute atomic E-state index is 9.96. The summed E-state index contributed by atoms with van der Waals surface area (Å²) in [6, 6.07) is 0. The summed E-state index contributed by atoms with van der Waals surface area (Å²) in [5.74, 6) is 0.206. The molecule has 1 atom stereocenters. The fraction of sp³-hybridized carbons (Fsp3) is 1.00. The van der Waals surface area contributed by atoms with Crippen molar-refractivity contribution in [2.45, 2.75) is 6.92 Å². The zero-order chi connectivity index (χ0) is 5.21. The Morgan fingerprint density at radius 3 is 1.83 bits per heavy atom.